The van der Waals surface area contributed by atoms with Crippen molar-refractivity contribution < 1.29 is 9.59 Å². The normalized spacial score (nSPS) is 17.6. The van der Waals surface area contributed by atoms with Crippen molar-refractivity contribution in [3.05, 3.63) is 100.0 Å². The molecule has 0 bridgehead atoms. The minimum absolute atomic E-state index is 0.00350. The van der Waals surface area contributed by atoms with Gasteiger partial charge >= 0.3 is 5.69 Å². The zero-order valence-corrected chi connectivity index (χ0v) is 23.0. The molecule has 1 aromatic heterocycles. The molecule has 2 N–H and O–H groups in total. The van der Waals surface area contributed by atoms with E-state index in [1.165, 1.54) is 0 Å². The number of benzene rings is 3. The first kappa shape index (κ1) is 25.9. The second kappa shape index (κ2) is 10.7. The van der Waals surface area contributed by atoms with Crippen LogP contribution < -0.4 is 11.0 Å². The van der Waals surface area contributed by atoms with E-state index in [2.05, 4.69) is 24.1 Å². The molecule has 3 heterocycles. The van der Waals surface area contributed by atoms with Gasteiger partial charge in [0.25, 0.3) is 11.8 Å². The van der Waals surface area contributed by atoms with Crippen LogP contribution in [0, 0.1) is 5.92 Å². The third-order valence-electron chi connectivity index (χ3n) is 8.18. The van der Waals surface area contributed by atoms with Gasteiger partial charge in [-0.25, -0.2) is 4.79 Å². The third-order valence-corrected chi connectivity index (χ3v) is 8.18. The number of piperidine rings is 1. The van der Waals surface area contributed by atoms with Crippen LogP contribution in [0.4, 0.5) is 5.69 Å². The molecule has 206 valence electrons. The minimum atomic E-state index is -0.240. The summed E-state index contributed by atoms with van der Waals surface area (Å²) in [5.41, 5.74) is 4.87. The van der Waals surface area contributed by atoms with Crippen LogP contribution in [-0.4, -0.2) is 50.8 Å². The predicted octanol–water partition coefficient (Wildman–Crippen LogP) is 5.42. The van der Waals surface area contributed by atoms with Gasteiger partial charge in [-0.3, -0.25) is 14.2 Å². The molecule has 0 saturated carbocycles. The number of anilines is 1. The number of hydrogen-bond donors (Lipinski definition) is 2. The minimum Gasteiger partial charge on any atom is -0.361 e. The Hall–Kier alpha value is -4.33. The molecule has 1 fully saturated rings. The van der Waals surface area contributed by atoms with Crippen LogP contribution in [-0.2, 0) is 0 Å². The molecule has 1 unspecified atom stereocenters. The molecule has 0 radical (unpaired) electrons. The average molecular weight is 538 g/mol. The summed E-state index contributed by atoms with van der Waals surface area (Å²) in [5, 5.41) is 3.53. The molecule has 0 spiro atoms. The molecule has 3 aromatic carbocycles. The largest absolute Gasteiger partial charge is 0.361 e. The van der Waals surface area contributed by atoms with Crippen molar-refractivity contribution in [3.8, 4) is 0 Å². The first-order valence-corrected chi connectivity index (χ1v) is 14.2. The number of hydrogen-bond acceptors (Lipinski definition) is 4. The van der Waals surface area contributed by atoms with Crippen LogP contribution in [0.1, 0.15) is 71.6 Å². The van der Waals surface area contributed by atoms with Crippen molar-refractivity contribution in [2.24, 2.45) is 5.92 Å². The Morgan fingerprint density at radius 2 is 1.65 bits per heavy atom. The first-order valence-electron chi connectivity index (χ1n) is 14.2. The quantitative estimate of drug-likeness (QED) is 0.329. The SMILES string of the molecule is CC(C)CCN1C(=O)c2ccccc2C1Nc1ccc(C(=O)N2CCC(n3c(=O)[nH]c4ccccc43)CC2)cc1. The molecule has 1 saturated heterocycles. The maximum Gasteiger partial charge on any atom is 0.326 e. The molecule has 2 aliphatic rings. The molecule has 8 nitrogen and oxygen atoms in total. The van der Waals surface area contributed by atoms with Gasteiger partial charge in [0.1, 0.15) is 6.17 Å². The summed E-state index contributed by atoms with van der Waals surface area (Å²) in [6, 6.07) is 23.1. The lowest BCUT2D eigenvalue weighted by Gasteiger charge is -2.32. The van der Waals surface area contributed by atoms with Gasteiger partial charge in [-0.2, -0.15) is 0 Å². The van der Waals surface area contributed by atoms with Gasteiger partial charge in [0.2, 0.25) is 0 Å². The van der Waals surface area contributed by atoms with E-state index in [4.69, 9.17) is 0 Å². The van der Waals surface area contributed by atoms with E-state index in [0.717, 1.165) is 47.1 Å². The van der Waals surface area contributed by atoms with E-state index in [1.54, 1.807) is 0 Å². The number of imidazole rings is 1. The molecule has 8 heteroatoms. The van der Waals surface area contributed by atoms with Crippen LogP contribution in [0.25, 0.3) is 11.0 Å². The van der Waals surface area contributed by atoms with Crippen molar-refractivity contribution in [3.63, 3.8) is 0 Å². The van der Waals surface area contributed by atoms with Crippen molar-refractivity contribution in [1.82, 2.24) is 19.4 Å². The molecular formula is C32H35N5O3. The summed E-state index contributed by atoms with van der Waals surface area (Å²) in [6.45, 7) is 6.20. The number of nitrogens with zero attached hydrogens (tertiary/aromatic N) is 3. The molecule has 0 aliphatic carbocycles. The average Bonchev–Trinajstić information content (AvgIpc) is 3.45. The number of likely N-dealkylation sites (tertiary alicyclic amines) is 1. The monoisotopic (exact) mass is 537 g/mol. The zero-order chi connectivity index (χ0) is 27.8. The fraction of sp³-hybridized carbons (Fsp3) is 0.344. The Labute approximate surface area is 233 Å². The van der Waals surface area contributed by atoms with Crippen molar-refractivity contribution in [2.45, 2.75) is 45.3 Å². The molecule has 1 atom stereocenters. The lowest BCUT2D eigenvalue weighted by atomic mass is 10.0. The molecule has 4 aromatic rings. The molecule has 6 rings (SSSR count). The van der Waals surface area contributed by atoms with Crippen LogP contribution in [0.3, 0.4) is 0 Å². The maximum absolute atomic E-state index is 13.3. The fourth-order valence-corrected chi connectivity index (χ4v) is 5.97. The first-order chi connectivity index (χ1) is 19.4. The summed E-state index contributed by atoms with van der Waals surface area (Å²) in [4.78, 5) is 45.8. The van der Waals surface area contributed by atoms with Gasteiger partial charge in [-0.15, -0.1) is 0 Å². The molecule has 40 heavy (non-hydrogen) atoms. The summed E-state index contributed by atoms with van der Waals surface area (Å²) < 4.78 is 1.84. The van der Waals surface area contributed by atoms with Gasteiger partial charge in [0.15, 0.2) is 0 Å². The van der Waals surface area contributed by atoms with Gasteiger partial charge < -0.3 is 20.1 Å². The number of fused-ring (bicyclic) bond motifs is 2. The maximum atomic E-state index is 13.3. The van der Waals surface area contributed by atoms with Crippen LogP contribution >= 0.6 is 0 Å². The van der Waals surface area contributed by atoms with E-state index in [-0.39, 0.29) is 29.7 Å². The van der Waals surface area contributed by atoms with Crippen molar-refractivity contribution >= 4 is 28.5 Å². The number of aromatic nitrogens is 2. The van der Waals surface area contributed by atoms with Crippen LogP contribution in [0.15, 0.2) is 77.6 Å². The fourth-order valence-electron chi connectivity index (χ4n) is 5.97. The molecule has 2 amide bonds. The topological polar surface area (TPSA) is 90.4 Å². The van der Waals surface area contributed by atoms with E-state index >= 15 is 0 Å². The van der Waals surface area contributed by atoms with E-state index in [1.807, 2.05) is 87.2 Å². The molecule has 2 aliphatic heterocycles. The summed E-state index contributed by atoms with van der Waals surface area (Å²) in [5.74, 6) is 0.547. The standard InChI is InChI=1S/C32H35N5O3/c1-21(2)15-20-36-29(25-7-3-4-8-26(25)31(36)39)33-23-13-11-22(12-14-23)30(38)35-18-16-24(17-19-35)37-28-10-6-5-9-27(28)34-32(37)40/h3-14,21,24,29,33H,15-20H2,1-2H3,(H,34,40). The predicted molar refractivity (Wildman–Crippen MR) is 156 cm³/mol. The van der Waals surface area contributed by atoms with E-state index in [0.29, 0.717) is 31.1 Å². The van der Waals surface area contributed by atoms with Crippen LogP contribution in [0.2, 0.25) is 0 Å². The highest BCUT2D eigenvalue weighted by atomic mass is 16.2. The second-order valence-electron chi connectivity index (χ2n) is 11.2. The van der Waals surface area contributed by atoms with Crippen LogP contribution in [0.5, 0.6) is 0 Å². The Morgan fingerprint density at radius 3 is 2.40 bits per heavy atom. The van der Waals surface area contributed by atoms with Gasteiger partial charge in [-0.05, 0) is 67.6 Å². The van der Waals surface area contributed by atoms with Gasteiger partial charge in [0, 0.05) is 48.1 Å². The van der Waals surface area contributed by atoms with E-state index in [9.17, 15) is 14.4 Å². The highest BCUT2D eigenvalue weighted by Gasteiger charge is 2.36. The number of rotatable bonds is 7. The number of para-hydroxylation sites is 2. The Bertz CT molecular complexity index is 1590. The van der Waals surface area contributed by atoms with E-state index < -0.39 is 0 Å². The summed E-state index contributed by atoms with van der Waals surface area (Å²) in [7, 11) is 0. The van der Waals surface area contributed by atoms with Gasteiger partial charge in [0.05, 0.1) is 11.0 Å². The Kier molecular flexibility index (Phi) is 6.92. The summed E-state index contributed by atoms with van der Waals surface area (Å²) in [6.07, 6.45) is 2.15. The highest BCUT2D eigenvalue weighted by molar-refractivity contribution is 5.99. The number of amides is 2. The number of nitrogens with one attached hydrogen (secondary N) is 2. The lowest BCUT2D eigenvalue weighted by Crippen LogP contribution is -2.40. The zero-order valence-electron chi connectivity index (χ0n) is 23.0. The highest BCUT2D eigenvalue weighted by Crippen LogP contribution is 2.35. The number of carbonyl (C=O) groups excluding carboxylic acids is 2. The third kappa shape index (κ3) is 4.78. The smallest absolute Gasteiger partial charge is 0.326 e. The Balaban J connectivity index is 1.12. The van der Waals surface area contributed by atoms with Gasteiger partial charge in [-0.1, -0.05) is 44.2 Å². The van der Waals surface area contributed by atoms with Crippen molar-refractivity contribution in [2.75, 3.05) is 25.0 Å². The molecular weight excluding hydrogens is 502 g/mol. The lowest BCUT2D eigenvalue weighted by molar-refractivity contribution is 0.0694. The number of aromatic amines is 1. The number of H-pyrrole nitrogens is 1. The Morgan fingerprint density at radius 1 is 0.950 bits per heavy atom. The summed E-state index contributed by atoms with van der Waals surface area (Å²) >= 11 is 0. The second-order valence-corrected chi connectivity index (χ2v) is 11.2. The van der Waals surface area contributed by atoms with Crippen molar-refractivity contribution in [1.29, 1.82) is 0 Å². The number of carbonyl (C=O) groups is 2.